The Balaban J connectivity index is 2.12. The molecule has 6 heteroatoms. The average Bonchev–Trinajstić information content (AvgIpc) is 2.51. The normalized spacial score (nSPS) is 11.5. The largest absolute Gasteiger partial charge is 0.489 e. The van der Waals surface area contributed by atoms with Gasteiger partial charge in [0.15, 0.2) is 0 Å². The summed E-state index contributed by atoms with van der Waals surface area (Å²) in [5, 5.41) is 11.8. The van der Waals surface area contributed by atoms with Crippen LogP contribution in [0.3, 0.4) is 0 Å². The van der Waals surface area contributed by atoms with Crippen molar-refractivity contribution < 1.29 is 18.7 Å². The summed E-state index contributed by atoms with van der Waals surface area (Å²) in [6.45, 7) is 1.44. The van der Waals surface area contributed by atoms with E-state index in [1.807, 2.05) is 0 Å². The summed E-state index contributed by atoms with van der Waals surface area (Å²) >= 11 is 3.01. The van der Waals surface area contributed by atoms with Crippen LogP contribution in [0.2, 0.25) is 0 Å². The number of nitrogens with zero attached hydrogens (tertiary/aromatic N) is 1. The molecule has 110 valence electrons. The van der Waals surface area contributed by atoms with Gasteiger partial charge in [0.05, 0.1) is 15.7 Å². The second-order valence-corrected chi connectivity index (χ2v) is 5.17. The summed E-state index contributed by atoms with van der Waals surface area (Å²) < 4.78 is 32.9. The Hall–Kier alpha value is -1.95. The molecule has 3 nitrogen and oxygen atoms in total. The van der Waals surface area contributed by atoms with Crippen molar-refractivity contribution in [3.8, 4) is 5.75 Å². The van der Waals surface area contributed by atoms with Crippen molar-refractivity contribution in [2.24, 2.45) is 5.16 Å². The summed E-state index contributed by atoms with van der Waals surface area (Å²) in [5.41, 5.74) is 1.05. The lowest BCUT2D eigenvalue weighted by atomic mass is 10.1. The molecule has 0 atom stereocenters. The van der Waals surface area contributed by atoms with Crippen LogP contribution in [0, 0.1) is 11.6 Å². The van der Waals surface area contributed by atoms with Gasteiger partial charge in [0.1, 0.15) is 24.0 Å². The summed E-state index contributed by atoms with van der Waals surface area (Å²) in [7, 11) is 0. The van der Waals surface area contributed by atoms with Gasteiger partial charge in [-0.3, -0.25) is 0 Å². The number of ether oxygens (including phenoxy) is 1. The fourth-order valence-corrected chi connectivity index (χ4v) is 2.08. The number of hydrogen-bond acceptors (Lipinski definition) is 3. The average molecular weight is 356 g/mol. The predicted molar refractivity (Wildman–Crippen MR) is 78.8 cm³/mol. The molecule has 0 aliphatic carbocycles. The van der Waals surface area contributed by atoms with Crippen LogP contribution in [0.25, 0.3) is 0 Å². The molecule has 0 saturated heterocycles. The predicted octanol–water partition coefficient (Wildman–Crippen LogP) is 4.50. The van der Waals surface area contributed by atoms with Crippen LogP contribution in [0.1, 0.15) is 18.1 Å². The fourth-order valence-electron chi connectivity index (χ4n) is 1.71. The van der Waals surface area contributed by atoms with Gasteiger partial charge in [0.25, 0.3) is 0 Å². The molecule has 2 rings (SSSR count). The lowest BCUT2D eigenvalue weighted by Crippen LogP contribution is -2.03. The van der Waals surface area contributed by atoms with Gasteiger partial charge in [0, 0.05) is 0 Å². The molecular weight excluding hydrogens is 344 g/mol. The van der Waals surface area contributed by atoms with Gasteiger partial charge < -0.3 is 9.94 Å². The van der Waals surface area contributed by atoms with Gasteiger partial charge in [-0.2, -0.15) is 0 Å². The van der Waals surface area contributed by atoms with Gasteiger partial charge in [-0.05, 0) is 64.8 Å². The van der Waals surface area contributed by atoms with Crippen LogP contribution >= 0.6 is 15.9 Å². The molecule has 0 heterocycles. The highest BCUT2D eigenvalue weighted by Gasteiger charge is 2.13. The standard InChI is InChI=1S/C15H12BrF2NO2/c1-9(19-20)10-2-4-11(5-3-10)21-8-12-14(17)7-6-13(16)15(12)18/h2-7,20H,8H2,1H3/b19-9-. The highest BCUT2D eigenvalue weighted by atomic mass is 79.9. The van der Waals surface area contributed by atoms with E-state index in [4.69, 9.17) is 9.94 Å². The zero-order valence-corrected chi connectivity index (χ0v) is 12.7. The molecule has 0 aliphatic heterocycles. The first kappa shape index (κ1) is 15.4. The maximum absolute atomic E-state index is 13.8. The van der Waals surface area contributed by atoms with E-state index in [1.165, 1.54) is 12.1 Å². The molecule has 0 bridgehead atoms. The van der Waals surface area contributed by atoms with E-state index < -0.39 is 11.6 Å². The lowest BCUT2D eigenvalue weighted by Gasteiger charge is -2.09. The van der Waals surface area contributed by atoms with E-state index in [2.05, 4.69) is 21.1 Å². The maximum atomic E-state index is 13.8. The Kier molecular flexibility index (Phi) is 4.90. The monoisotopic (exact) mass is 355 g/mol. The SMILES string of the molecule is C/C(=N/O)c1ccc(OCc2c(F)ccc(Br)c2F)cc1. The Bertz CT molecular complexity index is 672. The Morgan fingerprint density at radius 1 is 1.19 bits per heavy atom. The van der Waals surface area contributed by atoms with Gasteiger partial charge >= 0.3 is 0 Å². The molecule has 2 aromatic carbocycles. The van der Waals surface area contributed by atoms with Gasteiger partial charge in [-0.15, -0.1) is 0 Å². The molecule has 0 spiro atoms. The summed E-state index contributed by atoms with van der Waals surface area (Å²) in [6, 6.07) is 9.14. The Morgan fingerprint density at radius 3 is 2.48 bits per heavy atom. The van der Waals surface area contributed by atoms with Crippen molar-refractivity contribution in [3.05, 3.63) is 63.6 Å². The fraction of sp³-hybridized carbons (Fsp3) is 0.133. The summed E-state index contributed by atoms with van der Waals surface area (Å²) in [4.78, 5) is 0. The van der Waals surface area contributed by atoms with Crippen molar-refractivity contribution >= 4 is 21.6 Å². The maximum Gasteiger partial charge on any atom is 0.146 e. The second-order valence-electron chi connectivity index (χ2n) is 4.32. The molecule has 2 aromatic rings. The van der Waals surface area contributed by atoms with E-state index in [0.29, 0.717) is 11.5 Å². The first-order chi connectivity index (χ1) is 10.0. The van der Waals surface area contributed by atoms with Crippen LogP contribution < -0.4 is 4.74 Å². The van der Waals surface area contributed by atoms with E-state index in [1.54, 1.807) is 31.2 Å². The minimum absolute atomic E-state index is 0.137. The molecule has 0 unspecified atom stereocenters. The van der Waals surface area contributed by atoms with Crippen LogP contribution in [-0.4, -0.2) is 10.9 Å². The molecule has 0 aliphatic rings. The number of halogens is 3. The lowest BCUT2D eigenvalue weighted by molar-refractivity contribution is 0.292. The second kappa shape index (κ2) is 6.67. The summed E-state index contributed by atoms with van der Waals surface area (Å²) in [6.07, 6.45) is 0. The van der Waals surface area contributed by atoms with Crippen LogP contribution in [0.4, 0.5) is 8.78 Å². The Morgan fingerprint density at radius 2 is 1.86 bits per heavy atom. The summed E-state index contributed by atoms with van der Waals surface area (Å²) in [5.74, 6) is -0.867. The van der Waals surface area contributed by atoms with E-state index in [9.17, 15) is 8.78 Å². The molecule has 0 saturated carbocycles. The molecule has 21 heavy (non-hydrogen) atoms. The number of hydrogen-bond donors (Lipinski definition) is 1. The highest BCUT2D eigenvalue weighted by Crippen LogP contribution is 2.23. The zero-order valence-electron chi connectivity index (χ0n) is 11.1. The molecule has 1 N–H and O–H groups in total. The van der Waals surface area contributed by atoms with Crippen molar-refractivity contribution in [1.29, 1.82) is 0 Å². The van der Waals surface area contributed by atoms with Crippen LogP contribution in [-0.2, 0) is 6.61 Å². The highest BCUT2D eigenvalue weighted by molar-refractivity contribution is 9.10. The Labute approximate surface area is 129 Å². The molecule has 0 radical (unpaired) electrons. The van der Waals surface area contributed by atoms with Gasteiger partial charge in [0.2, 0.25) is 0 Å². The van der Waals surface area contributed by atoms with E-state index in [-0.39, 0.29) is 16.6 Å². The van der Waals surface area contributed by atoms with Gasteiger partial charge in [-0.25, -0.2) is 8.78 Å². The van der Waals surface area contributed by atoms with Crippen LogP contribution in [0.5, 0.6) is 5.75 Å². The van der Waals surface area contributed by atoms with Crippen molar-refractivity contribution in [3.63, 3.8) is 0 Å². The molecular formula is C15H12BrF2NO2. The number of benzene rings is 2. The molecule has 0 aromatic heterocycles. The number of oxime groups is 1. The van der Waals surface area contributed by atoms with Crippen molar-refractivity contribution in [2.45, 2.75) is 13.5 Å². The molecule has 0 amide bonds. The first-order valence-corrected chi connectivity index (χ1v) is 6.86. The number of rotatable bonds is 4. The third-order valence-corrected chi connectivity index (χ3v) is 3.56. The topological polar surface area (TPSA) is 41.8 Å². The smallest absolute Gasteiger partial charge is 0.146 e. The zero-order chi connectivity index (χ0) is 15.4. The van der Waals surface area contributed by atoms with Crippen molar-refractivity contribution in [2.75, 3.05) is 0 Å². The first-order valence-electron chi connectivity index (χ1n) is 6.07. The minimum Gasteiger partial charge on any atom is -0.489 e. The quantitative estimate of drug-likeness (QED) is 0.379. The molecule has 0 fully saturated rings. The van der Waals surface area contributed by atoms with Gasteiger partial charge in [-0.1, -0.05) is 5.16 Å². The minimum atomic E-state index is -0.671. The van der Waals surface area contributed by atoms with Crippen molar-refractivity contribution in [1.82, 2.24) is 0 Å². The van der Waals surface area contributed by atoms with E-state index in [0.717, 1.165) is 5.56 Å². The van der Waals surface area contributed by atoms with E-state index >= 15 is 0 Å². The third kappa shape index (κ3) is 3.58. The third-order valence-electron chi connectivity index (χ3n) is 2.94. The van der Waals surface area contributed by atoms with Crippen LogP contribution in [0.15, 0.2) is 46.0 Å².